The van der Waals surface area contributed by atoms with E-state index in [4.69, 9.17) is 14.2 Å². The number of unbranched alkanes of at least 4 members (excludes halogenated alkanes) is 49. The van der Waals surface area contributed by atoms with Crippen molar-refractivity contribution in [2.45, 2.75) is 393 Å². The summed E-state index contributed by atoms with van der Waals surface area (Å²) in [6.45, 7) is 6.71. The number of hydrogen-bond acceptors (Lipinski definition) is 6. The summed E-state index contributed by atoms with van der Waals surface area (Å²) in [7, 11) is 0. The van der Waals surface area contributed by atoms with Crippen molar-refractivity contribution < 1.29 is 28.6 Å². The van der Waals surface area contributed by atoms with Crippen LogP contribution >= 0.6 is 0 Å². The number of carbonyl (C=O) groups is 3. The van der Waals surface area contributed by atoms with Crippen LogP contribution in [0.3, 0.4) is 0 Å². The van der Waals surface area contributed by atoms with E-state index in [0.717, 1.165) is 57.8 Å². The molecule has 0 rings (SSSR count). The molecule has 0 saturated heterocycles. The molecule has 0 aromatic carbocycles. The van der Waals surface area contributed by atoms with Crippen LogP contribution in [0.4, 0.5) is 0 Å². The van der Waals surface area contributed by atoms with Gasteiger partial charge >= 0.3 is 17.9 Å². The molecule has 0 spiro atoms. The van der Waals surface area contributed by atoms with Gasteiger partial charge in [-0.25, -0.2) is 0 Å². The minimum atomic E-state index is -0.769. The Balaban J connectivity index is 4.24. The first kappa shape index (κ1) is 73.9. The normalized spacial score (nSPS) is 12.1. The van der Waals surface area contributed by atoms with Crippen molar-refractivity contribution in [2.75, 3.05) is 13.2 Å². The number of allylic oxidation sites excluding steroid dienone is 4. The standard InChI is InChI=1S/C70H132O6/c1-4-7-10-13-16-19-22-25-28-30-32-33-34-35-36-37-39-40-42-45-48-51-54-57-60-63-69(72)75-66-67(65-74-68(71)62-59-56-53-50-47-44-27-24-21-18-15-12-9-6-3)76-70(73)64-61-58-55-52-49-46-43-41-38-31-29-26-23-20-17-14-11-8-5-2/h26,29-30,32,67H,4-25,27-28,31,33-66H2,1-3H3/b29-26-,32-30-. The predicted octanol–water partition coefficient (Wildman–Crippen LogP) is 23.4. The molecule has 6 nitrogen and oxygen atoms in total. The van der Waals surface area contributed by atoms with Crippen LogP contribution in [0, 0.1) is 0 Å². The highest BCUT2D eigenvalue weighted by Gasteiger charge is 2.19. The minimum absolute atomic E-state index is 0.0662. The first-order valence-corrected chi connectivity index (χ1v) is 34.3. The second kappa shape index (κ2) is 65.4. The van der Waals surface area contributed by atoms with Crippen molar-refractivity contribution in [1.82, 2.24) is 0 Å². The van der Waals surface area contributed by atoms with Gasteiger partial charge in [0.25, 0.3) is 0 Å². The first-order chi connectivity index (χ1) is 37.5. The highest BCUT2D eigenvalue weighted by atomic mass is 16.6. The summed E-state index contributed by atoms with van der Waals surface area (Å²) in [4.78, 5) is 38.4. The topological polar surface area (TPSA) is 78.9 Å². The summed E-state index contributed by atoms with van der Waals surface area (Å²) < 4.78 is 17.0. The lowest BCUT2D eigenvalue weighted by atomic mass is 10.0. The van der Waals surface area contributed by atoms with Gasteiger partial charge in [-0.2, -0.15) is 0 Å². The fourth-order valence-corrected chi connectivity index (χ4v) is 10.5. The van der Waals surface area contributed by atoms with E-state index in [-0.39, 0.29) is 31.1 Å². The number of carbonyl (C=O) groups excluding carboxylic acids is 3. The first-order valence-electron chi connectivity index (χ1n) is 34.3. The van der Waals surface area contributed by atoms with Crippen LogP contribution in [0.1, 0.15) is 387 Å². The number of esters is 3. The van der Waals surface area contributed by atoms with E-state index in [9.17, 15) is 14.4 Å². The lowest BCUT2D eigenvalue weighted by Crippen LogP contribution is -2.30. The maximum Gasteiger partial charge on any atom is 0.306 e. The molecule has 0 bridgehead atoms. The summed E-state index contributed by atoms with van der Waals surface area (Å²) in [6, 6.07) is 0. The van der Waals surface area contributed by atoms with Gasteiger partial charge in [0.1, 0.15) is 13.2 Å². The molecule has 0 heterocycles. The van der Waals surface area contributed by atoms with Gasteiger partial charge in [-0.05, 0) is 70.6 Å². The third-order valence-corrected chi connectivity index (χ3v) is 15.7. The zero-order valence-corrected chi connectivity index (χ0v) is 51.6. The van der Waals surface area contributed by atoms with Gasteiger partial charge < -0.3 is 14.2 Å². The van der Waals surface area contributed by atoms with Crippen LogP contribution in [0.15, 0.2) is 24.3 Å². The van der Waals surface area contributed by atoms with Crippen molar-refractivity contribution in [1.29, 1.82) is 0 Å². The van der Waals surface area contributed by atoms with Crippen LogP contribution < -0.4 is 0 Å². The zero-order chi connectivity index (χ0) is 55.0. The Morgan fingerprint density at radius 2 is 0.434 bits per heavy atom. The van der Waals surface area contributed by atoms with Crippen molar-refractivity contribution in [3.05, 3.63) is 24.3 Å². The van der Waals surface area contributed by atoms with Crippen LogP contribution in [-0.4, -0.2) is 37.2 Å². The van der Waals surface area contributed by atoms with E-state index < -0.39 is 6.10 Å². The quantitative estimate of drug-likeness (QED) is 0.0261. The van der Waals surface area contributed by atoms with Crippen molar-refractivity contribution >= 4 is 17.9 Å². The Kier molecular flexibility index (Phi) is 63.6. The molecule has 0 N–H and O–H groups in total. The number of rotatable bonds is 64. The number of ether oxygens (including phenoxy) is 3. The van der Waals surface area contributed by atoms with E-state index in [1.54, 1.807) is 0 Å². The molecular weight excluding hydrogens is 937 g/mol. The van der Waals surface area contributed by atoms with Crippen LogP contribution in [-0.2, 0) is 28.6 Å². The number of hydrogen-bond donors (Lipinski definition) is 0. The second-order valence-electron chi connectivity index (χ2n) is 23.4. The molecule has 0 aromatic heterocycles. The summed E-state index contributed by atoms with van der Waals surface area (Å²) in [5.41, 5.74) is 0. The zero-order valence-electron chi connectivity index (χ0n) is 51.6. The van der Waals surface area contributed by atoms with E-state index in [1.807, 2.05) is 0 Å². The molecule has 448 valence electrons. The fraction of sp³-hybridized carbons (Fsp3) is 0.900. The lowest BCUT2D eigenvalue weighted by molar-refractivity contribution is -0.167. The molecule has 0 fully saturated rings. The largest absolute Gasteiger partial charge is 0.462 e. The molecule has 76 heavy (non-hydrogen) atoms. The molecule has 0 radical (unpaired) electrons. The molecule has 0 aliphatic carbocycles. The van der Waals surface area contributed by atoms with Crippen molar-refractivity contribution in [2.24, 2.45) is 0 Å². The Morgan fingerprint density at radius 3 is 0.658 bits per heavy atom. The fourth-order valence-electron chi connectivity index (χ4n) is 10.5. The van der Waals surface area contributed by atoms with E-state index in [1.165, 1.54) is 289 Å². The molecule has 0 aliphatic rings. The highest BCUT2D eigenvalue weighted by molar-refractivity contribution is 5.71. The van der Waals surface area contributed by atoms with Gasteiger partial charge in [0.2, 0.25) is 0 Å². The molecular formula is C70H132O6. The summed E-state index contributed by atoms with van der Waals surface area (Å²) in [6.07, 6.45) is 79.1. The van der Waals surface area contributed by atoms with E-state index in [0.29, 0.717) is 19.3 Å². The Morgan fingerprint density at radius 1 is 0.250 bits per heavy atom. The summed E-state index contributed by atoms with van der Waals surface area (Å²) in [5, 5.41) is 0. The van der Waals surface area contributed by atoms with Gasteiger partial charge in [0.05, 0.1) is 0 Å². The van der Waals surface area contributed by atoms with E-state index >= 15 is 0 Å². The maximum absolute atomic E-state index is 12.9. The van der Waals surface area contributed by atoms with Crippen LogP contribution in [0.5, 0.6) is 0 Å². The molecule has 1 atom stereocenters. The Hall–Kier alpha value is -2.11. The molecule has 1 unspecified atom stereocenters. The molecule has 0 amide bonds. The Bertz CT molecular complexity index is 1230. The van der Waals surface area contributed by atoms with Crippen LogP contribution in [0.25, 0.3) is 0 Å². The van der Waals surface area contributed by atoms with Crippen molar-refractivity contribution in [3.63, 3.8) is 0 Å². The van der Waals surface area contributed by atoms with Gasteiger partial charge in [0.15, 0.2) is 6.10 Å². The molecule has 0 aliphatic heterocycles. The smallest absolute Gasteiger partial charge is 0.306 e. The highest BCUT2D eigenvalue weighted by Crippen LogP contribution is 2.18. The third kappa shape index (κ3) is 62.7. The molecule has 0 aromatic rings. The van der Waals surface area contributed by atoms with Gasteiger partial charge in [-0.3, -0.25) is 14.4 Å². The average molecular weight is 1070 g/mol. The molecule has 6 heteroatoms. The SMILES string of the molecule is CCCCCCCC/C=C\CCCCCCCCCCCC(=O)OC(COC(=O)CCCCCCCCCCCCCCCC)COC(=O)CCCCCCCCCCCCCCC/C=C\CCCCCCCCCC. The average Bonchev–Trinajstić information content (AvgIpc) is 3.42. The van der Waals surface area contributed by atoms with Gasteiger partial charge in [-0.1, -0.05) is 321 Å². The predicted molar refractivity (Wildman–Crippen MR) is 330 cm³/mol. The molecule has 0 saturated carbocycles. The van der Waals surface area contributed by atoms with Gasteiger partial charge in [-0.15, -0.1) is 0 Å². The van der Waals surface area contributed by atoms with E-state index in [2.05, 4.69) is 45.1 Å². The van der Waals surface area contributed by atoms with Gasteiger partial charge in [0, 0.05) is 19.3 Å². The summed E-state index contributed by atoms with van der Waals surface area (Å²) >= 11 is 0. The second-order valence-corrected chi connectivity index (χ2v) is 23.4. The minimum Gasteiger partial charge on any atom is -0.462 e. The van der Waals surface area contributed by atoms with Crippen molar-refractivity contribution in [3.8, 4) is 0 Å². The third-order valence-electron chi connectivity index (χ3n) is 15.7. The maximum atomic E-state index is 12.9. The lowest BCUT2D eigenvalue weighted by Gasteiger charge is -2.18. The summed E-state index contributed by atoms with van der Waals surface area (Å²) in [5.74, 6) is -0.838. The van der Waals surface area contributed by atoms with Crippen LogP contribution in [0.2, 0.25) is 0 Å². The monoisotopic (exact) mass is 1070 g/mol. The Labute approximate surface area is 474 Å².